The van der Waals surface area contributed by atoms with Crippen LogP contribution in [0, 0.1) is 6.92 Å². The quantitative estimate of drug-likeness (QED) is 0.867. The number of hydrogen-bond acceptors (Lipinski definition) is 5. The Morgan fingerprint density at radius 2 is 2.12 bits per heavy atom. The van der Waals surface area contributed by atoms with Crippen molar-refractivity contribution >= 4 is 35.1 Å². The topological polar surface area (TPSA) is 58.1 Å². The smallest absolute Gasteiger partial charge is 0.248 e. The summed E-state index contributed by atoms with van der Waals surface area (Å²) in [5, 5.41) is 2.91. The van der Waals surface area contributed by atoms with Gasteiger partial charge in [0, 0.05) is 54.4 Å². The third kappa shape index (κ3) is 4.35. The van der Waals surface area contributed by atoms with E-state index in [4.69, 9.17) is 0 Å². The number of rotatable bonds is 4. The fraction of sp³-hybridized carbons (Fsp3) is 0.278. The second kappa shape index (κ2) is 7.97. The van der Waals surface area contributed by atoms with Crippen LogP contribution in [0.25, 0.3) is 6.08 Å². The molecule has 1 aliphatic heterocycles. The Morgan fingerprint density at radius 3 is 2.83 bits per heavy atom. The van der Waals surface area contributed by atoms with Crippen LogP contribution in [0.15, 0.2) is 42.9 Å². The van der Waals surface area contributed by atoms with Crippen LogP contribution in [0.4, 0.5) is 11.4 Å². The van der Waals surface area contributed by atoms with E-state index >= 15 is 0 Å². The highest BCUT2D eigenvalue weighted by Crippen LogP contribution is 2.25. The highest BCUT2D eigenvalue weighted by Gasteiger charge is 2.12. The summed E-state index contributed by atoms with van der Waals surface area (Å²) in [5.41, 5.74) is 3.77. The molecule has 0 unspecified atom stereocenters. The number of nitrogens with zero attached hydrogens (tertiary/aromatic N) is 3. The van der Waals surface area contributed by atoms with Crippen LogP contribution in [-0.4, -0.2) is 40.5 Å². The Bertz CT molecular complexity index is 727. The first kappa shape index (κ1) is 16.5. The molecule has 2 heterocycles. The summed E-state index contributed by atoms with van der Waals surface area (Å²) >= 11 is 2.00. The third-order valence-corrected chi connectivity index (χ3v) is 4.78. The summed E-state index contributed by atoms with van der Waals surface area (Å²) in [6, 6.07) is 6.18. The van der Waals surface area contributed by atoms with Crippen LogP contribution in [0.1, 0.15) is 11.3 Å². The lowest BCUT2D eigenvalue weighted by Crippen LogP contribution is -2.32. The lowest BCUT2D eigenvalue weighted by Gasteiger charge is -2.29. The number of carbonyl (C=O) groups is 1. The highest BCUT2D eigenvalue weighted by atomic mass is 32.2. The molecule has 0 radical (unpaired) electrons. The molecule has 5 nitrogen and oxygen atoms in total. The second-order valence-electron chi connectivity index (χ2n) is 5.55. The van der Waals surface area contributed by atoms with Gasteiger partial charge in [-0.3, -0.25) is 14.8 Å². The molecule has 1 fully saturated rings. The molecule has 0 spiro atoms. The second-order valence-corrected chi connectivity index (χ2v) is 6.78. The summed E-state index contributed by atoms with van der Waals surface area (Å²) in [7, 11) is 0. The van der Waals surface area contributed by atoms with Crippen molar-refractivity contribution in [1.82, 2.24) is 9.97 Å². The Labute approximate surface area is 146 Å². The van der Waals surface area contributed by atoms with Crippen LogP contribution < -0.4 is 10.2 Å². The molecule has 1 aliphatic rings. The molecule has 124 valence electrons. The number of aromatic nitrogens is 2. The molecule has 1 aromatic carbocycles. The zero-order valence-corrected chi connectivity index (χ0v) is 14.4. The Morgan fingerprint density at radius 1 is 1.29 bits per heavy atom. The lowest BCUT2D eigenvalue weighted by atomic mass is 10.1. The summed E-state index contributed by atoms with van der Waals surface area (Å²) in [5.74, 6) is 2.17. The molecule has 6 heteroatoms. The number of carbonyl (C=O) groups excluding carboxylic acids is 1. The Balaban J connectivity index is 1.64. The molecule has 24 heavy (non-hydrogen) atoms. The minimum atomic E-state index is -0.175. The van der Waals surface area contributed by atoms with Gasteiger partial charge < -0.3 is 10.2 Å². The maximum atomic E-state index is 12.1. The van der Waals surface area contributed by atoms with E-state index < -0.39 is 0 Å². The number of aryl methyl sites for hydroxylation is 1. The van der Waals surface area contributed by atoms with Crippen LogP contribution >= 0.6 is 11.8 Å². The number of hydrogen-bond donors (Lipinski definition) is 1. The molecule has 0 bridgehead atoms. The molecule has 0 aliphatic carbocycles. The van der Waals surface area contributed by atoms with Crippen molar-refractivity contribution in [2.45, 2.75) is 6.92 Å². The van der Waals surface area contributed by atoms with Crippen molar-refractivity contribution in [3.05, 3.63) is 54.1 Å². The van der Waals surface area contributed by atoms with Gasteiger partial charge >= 0.3 is 0 Å². The van der Waals surface area contributed by atoms with E-state index in [1.807, 2.05) is 24.8 Å². The van der Waals surface area contributed by atoms with Gasteiger partial charge in [-0.15, -0.1) is 0 Å². The first-order valence-corrected chi connectivity index (χ1v) is 9.06. The zero-order valence-electron chi connectivity index (χ0n) is 13.6. The minimum Gasteiger partial charge on any atom is -0.370 e. The van der Waals surface area contributed by atoms with E-state index in [9.17, 15) is 4.79 Å². The van der Waals surface area contributed by atoms with Gasteiger partial charge in [-0.25, -0.2) is 0 Å². The number of nitrogens with one attached hydrogen (secondary N) is 1. The maximum Gasteiger partial charge on any atom is 0.248 e. The monoisotopic (exact) mass is 340 g/mol. The standard InChI is InChI=1S/C18H20N4OS/c1-14-12-16(22-8-10-24-11-9-22)3-4-17(14)21-18(23)5-2-15-13-19-6-7-20-15/h2-7,12-13H,8-11H2,1H3,(H,21,23)/b5-2+. The zero-order chi connectivity index (χ0) is 16.8. The Kier molecular flexibility index (Phi) is 5.48. The normalized spacial score (nSPS) is 14.8. The van der Waals surface area contributed by atoms with Crippen LogP contribution in [-0.2, 0) is 4.79 Å². The van der Waals surface area contributed by atoms with Crippen molar-refractivity contribution in [2.75, 3.05) is 34.8 Å². The molecule has 0 atom stereocenters. The van der Waals surface area contributed by atoms with Crippen molar-refractivity contribution in [3.63, 3.8) is 0 Å². The molecule has 1 saturated heterocycles. The number of amides is 1. The summed E-state index contributed by atoms with van der Waals surface area (Å²) in [6.45, 7) is 4.18. The summed E-state index contributed by atoms with van der Waals surface area (Å²) < 4.78 is 0. The van der Waals surface area contributed by atoms with Crippen LogP contribution in [0.2, 0.25) is 0 Å². The number of thioether (sulfide) groups is 1. The van der Waals surface area contributed by atoms with Gasteiger partial charge in [0.2, 0.25) is 5.91 Å². The van der Waals surface area contributed by atoms with Gasteiger partial charge in [0.25, 0.3) is 0 Å². The summed E-state index contributed by atoms with van der Waals surface area (Å²) in [4.78, 5) is 22.5. The van der Waals surface area contributed by atoms with Gasteiger partial charge in [0.05, 0.1) is 11.9 Å². The maximum absolute atomic E-state index is 12.1. The van der Waals surface area contributed by atoms with Gasteiger partial charge in [0.1, 0.15) is 0 Å². The molecular formula is C18H20N4OS. The van der Waals surface area contributed by atoms with Gasteiger partial charge in [-0.05, 0) is 36.8 Å². The molecular weight excluding hydrogens is 320 g/mol. The minimum absolute atomic E-state index is 0.175. The van der Waals surface area contributed by atoms with Crippen molar-refractivity contribution in [1.29, 1.82) is 0 Å². The highest BCUT2D eigenvalue weighted by molar-refractivity contribution is 7.99. The van der Waals surface area contributed by atoms with E-state index in [1.165, 1.54) is 23.3 Å². The molecule has 1 N–H and O–H groups in total. The molecule has 3 rings (SSSR count). The van der Waals surface area contributed by atoms with Crippen molar-refractivity contribution in [2.24, 2.45) is 0 Å². The molecule has 2 aromatic rings. The van der Waals surface area contributed by atoms with Crippen molar-refractivity contribution < 1.29 is 4.79 Å². The number of benzene rings is 1. The van der Waals surface area contributed by atoms with Crippen LogP contribution in [0.3, 0.4) is 0 Å². The first-order chi connectivity index (χ1) is 11.7. The van der Waals surface area contributed by atoms with E-state index in [0.29, 0.717) is 5.69 Å². The molecule has 0 saturated carbocycles. The lowest BCUT2D eigenvalue weighted by molar-refractivity contribution is -0.111. The third-order valence-electron chi connectivity index (χ3n) is 3.83. The largest absolute Gasteiger partial charge is 0.370 e. The fourth-order valence-corrected chi connectivity index (χ4v) is 3.44. The predicted molar refractivity (Wildman–Crippen MR) is 100 cm³/mol. The van der Waals surface area contributed by atoms with Gasteiger partial charge in [-0.2, -0.15) is 11.8 Å². The predicted octanol–water partition coefficient (Wildman–Crippen LogP) is 2.99. The average molecular weight is 340 g/mol. The van der Waals surface area contributed by atoms with E-state index in [0.717, 1.165) is 24.3 Å². The van der Waals surface area contributed by atoms with E-state index in [-0.39, 0.29) is 5.91 Å². The average Bonchev–Trinajstić information content (AvgIpc) is 2.63. The van der Waals surface area contributed by atoms with E-state index in [2.05, 4.69) is 32.3 Å². The number of anilines is 2. The Hall–Kier alpha value is -2.34. The summed E-state index contributed by atoms with van der Waals surface area (Å²) in [6.07, 6.45) is 7.93. The van der Waals surface area contributed by atoms with Crippen LogP contribution in [0.5, 0.6) is 0 Å². The van der Waals surface area contributed by atoms with Gasteiger partial charge in [0.15, 0.2) is 0 Å². The van der Waals surface area contributed by atoms with Gasteiger partial charge in [-0.1, -0.05) is 0 Å². The van der Waals surface area contributed by atoms with Crippen molar-refractivity contribution in [3.8, 4) is 0 Å². The fourth-order valence-electron chi connectivity index (χ4n) is 2.54. The SMILES string of the molecule is Cc1cc(N2CCSCC2)ccc1NC(=O)/C=C/c1cnccn1. The first-order valence-electron chi connectivity index (χ1n) is 7.91. The molecule has 1 aromatic heterocycles. The molecule has 1 amide bonds. The van der Waals surface area contributed by atoms with E-state index in [1.54, 1.807) is 24.7 Å².